The monoisotopic (exact) mass is 258 g/mol. The van der Waals surface area contributed by atoms with Gasteiger partial charge in [0, 0.05) is 18.7 Å². The number of fused-ring (bicyclic) bond motifs is 1. The number of carbonyl (C=O) groups excluding carboxylic acids is 2. The van der Waals surface area contributed by atoms with Crippen molar-refractivity contribution in [3.63, 3.8) is 0 Å². The maximum atomic E-state index is 11.3. The Kier molecular flexibility index (Phi) is 3.28. The van der Waals surface area contributed by atoms with Crippen LogP contribution in [0.1, 0.15) is 19.8 Å². The fraction of sp³-hybridized carbons (Fsp3) is 0.700. The molecule has 0 saturated carbocycles. The van der Waals surface area contributed by atoms with Crippen molar-refractivity contribution in [2.24, 2.45) is 0 Å². The van der Waals surface area contributed by atoms with Gasteiger partial charge >= 0.3 is 5.97 Å². The summed E-state index contributed by atoms with van der Waals surface area (Å²) in [6, 6.07) is -0.736. The molecule has 2 rings (SSSR count). The van der Waals surface area contributed by atoms with Crippen LogP contribution in [0.5, 0.6) is 0 Å². The molecule has 0 spiro atoms. The zero-order valence-corrected chi connectivity index (χ0v) is 10.2. The Morgan fingerprint density at radius 2 is 2.29 bits per heavy atom. The molecule has 0 aromatic rings. The Labute approximate surface area is 103 Å². The van der Waals surface area contributed by atoms with Crippen LogP contribution in [0.2, 0.25) is 0 Å². The summed E-state index contributed by atoms with van der Waals surface area (Å²) in [5, 5.41) is 11.7. The number of aliphatic carboxylic acids is 1. The lowest BCUT2D eigenvalue weighted by Gasteiger charge is -2.35. The van der Waals surface area contributed by atoms with Gasteiger partial charge in [-0.25, -0.2) is 4.79 Å². The summed E-state index contributed by atoms with van der Waals surface area (Å²) in [7, 11) is 0. The number of β-lactam (4-membered cyclic amide) rings is 1. The van der Waals surface area contributed by atoms with E-state index in [0.717, 1.165) is 0 Å². The molecule has 6 nitrogen and oxygen atoms in total. The van der Waals surface area contributed by atoms with Crippen LogP contribution in [-0.4, -0.2) is 51.0 Å². The van der Waals surface area contributed by atoms with Crippen LogP contribution in [0.25, 0.3) is 0 Å². The average Bonchev–Trinajstić information content (AvgIpc) is 2.50. The number of rotatable bonds is 4. The SMILES string of the molecule is CC(=O)NCCC1SC2CC(=O)N2C1C(=O)O. The van der Waals surface area contributed by atoms with Gasteiger partial charge in [-0.05, 0) is 6.42 Å². The van der Waals surface area contributed by atoms with Crippen molar-refractivity contribution in [1.29, 1.82) is 0 Å². The van der Waals surface area contributed by atoms with Crippen LogP contribution < -0.4 is 5.32 Å². The molecule has 2 aliphatic heterocycles. The van der Waals surface area contributed by atoms with Crippen LogP contribution in [0.15, 0.2) is 0 Å². The molecule has 2 saturated heterocycles. The predicted molar refractivity (Wildman–Crippen MR) is 61.4 cm³/mol. The molecule has 2 fully saturated rings. The summed E-state index contributed by atoms with van der Waals surface area (Å²) in [4.78, 5) is 34.7. The highest BCUT2D eigenvalue weighted by atomic mass is 32.2. The molecule has 3 unspecified atom stereocenters. The standard InChI is InChI=1S/C10H14N2O4S/c1-5(13)11-3-2-6-9(10(15)16)12-7(14)4-8(12)17-6/h6,8-9H,2-4H2,1H3,(H,11,13)(H,15,16). The lowest BCUT2D eigenvalue weighted by atomic mass is 10.0. The molecule has 0 bridgehead atoms. The molecule has 17 heavy (non-hydrogen) atoms. The number of hydrogen-bond donors (Lipinski definition) is 2. The topological polar surface area (TPSA) is 86.7 Å². The second-order valence-corrected chi connectivity index (χ2v) is 5.61. The number of nitrogens with one attached hydrogen (secondary N) is 1. The molecule has 2 amide bonds. The largest absolute Gasteiger partial charge is 0.480 e. The highest BCUT2D eigenvalue weighted by Crippen LogP contribution is 2.45. The average molecular weight is 258 g/mol. The Bertz CT molecular complexity index is 373. The summed E-state index contributed by atoms with van der Waals surface area (Å²) in [5.41, 5.74) is 0. The van der Waals surface area contributed by atoms with E-state index in [-0.39, 0.29) is 22.4 Å². The number of thioether (sulfide) groups is 1. The van der Waals surface area contributed by atoms with Crippen LogP contribution in [0, 0.1) is 0 Å². The number of nitrogens with zero attached hydrogens (tertiary/aromatic N) is 1. The summed E-state index contributed by atoms with van der Waals surface area (Å²) >= 11 is 1.53. The highest BCUT2D eigenvalue weighted by Gasteiger charge is 2.54. The van der Waals surface area contributed by atoms with Gasteiger partial charge in [0.15, 0.2) is 0 Å². The molecule has 2 aliphatic rings. The van der Waals surface area contributed by atoms with Crippen molar-refractivity contribution < 1.29 is 19.5 Å². The normalized spacial score (nSPS) is 30.8. The van der Waals surface area contributed by atoms with Gasteiger partial charge in [0.05, 0.1) is 11.8 Å². The minimum Gasteiger partial charge on any atom is -0.480 e. The molecule has 0 aromatic carbocycles. The molecule has 3 atom stereocenters. The van der Waals surface area contributed by atoms with Gasteiger partial charge in [-0.1, -0.05) is 0 Å². The summed E-state index contributed by atoms with van der Waals surface area (Å²) in [6.45, 7) is 1.87. The van der Waals surface area contributed by atoms with Crippen molar-refractivity contribution in [3.05, 3.63) is 0 Å². The van der Waals surface area contributed by atoms with Gasteiger partial charge < -0.3 is 15.3 Å². The molecule has 0 radical (unpaired) electrons. The first-order valence-corrected chi connectivity index (χ1v) is 6.39. The van der Waals surface area contributed by atoms with Crippen molar-refractivity contribution in [2.45, 2.75) is 36.4 Å². The number of carboxylic acid groups (broad SMARTS) is 1. The number of hydrogen-bond acceptors (Lipinski definition) is 4. The van der Waals surface area contributed by atoms with Gasteiger partial charge in [-0.15, -0.1) is 11.8 Å². The first kappa shape index (κ1) is 12.2. The third-order valence-corrected chi connectivity index (χ3v) is 4.54. The van der Waals surface area contributed by atoms with Gasteiger partial charge in [0.1, 0.15) is 6.04 Å². The molecule has 0 aliphatic carbocycles. The minimum atomic E-state index is -0.958. The maximum absolute atomic E-state index is 11.3. The van der Waals surface area contributed by atoms with Gasteiger partial charge in [0.2, 0.25) is 11.8 Å². The van der Waals surface area contributed by atoms with E-state index >= 15 is 0 Å². The predicted octanol–water partition coefficient (Wildman–Crippen LogP) is -0.360. The van der Waals surface area contributed by atoms with Crippen molar-refractivity contribution in [1.82, 2.24) is 10.2 Å². The third-order valence-electron chi connectivity index (χ3n) is 2.99. The highest BCUT2D eigenvalue weighted by molar-refractivity contribution is 8.01. The Balaban J connectivity index is 1.95. The number of amides is 2. The molecular weight excluding hydrogens is 244 g/mol. The molecule has 7 heteroatoms. The summed E-state index contributed by atoms with van der Waals surface area (Å²) < 4.78 is 0. The fourth-order valence-corrected chi connectivity index (χ4v) is 3.87. The van der Waals surface area contributed by atoms with Crippen LogP contribution >= 0.6 is 11.8 Å². The lowest BCUT2D eigenvalue weighted by molar-refractivity contribution is -0.156. The van der Waals surface area contributed by atoms with E-state index in [2.05, 4.69) is 5.32 Å². The summed E-state index contributed by atoms with van der Waals surface area (Å²) in [6.07, 6.45) is 1.01. The Morgan fingerprint density at radius 1 is 1.59 bits per heavy atom. The zero-order valence-electron chi connectivity index (χ0n) is 9.38. The van der Waals surface area contributed by atoms with Gasteiger partial charge in [0.25, 0.3) is 0 Å². The minimum absolute atomic E-state index is 0.0194. The van der Waals surface area contributed by atoms with E-state index in [4.69, 9.17) is 5.11 Å². The smallest absolute Gasteiger partial charge is 0.327 e. The molecule has 2 N–H and O–H groups in total. The lowest BCUT2D eigenvalue weighted by Crippen LogP contribution is -2.55. The molecular formula is C10H14N2O4S. The van der Waals surface area contributed by atoms with E-state index in [1.54, 1.807) is 0 Å². The number of carboxylic acids is 1. The van der Waals surface area contributed by atoms with Crippen LogP contribution in [0.4, 0.5) is 0 Å². The van der Waals surface area contributed by atoms with Gasteiger partial charge in [-0.2, -0.15) is 0 Å². The van der Waals surface area contributed by atoms with E-state index in [1.165, 1.54) is 23.6 Å². The van der Waals surface area contributed by atoms with Crippen molar-refractivity contribution in [2.75, 3.05) is 6.54 Å². The first-order valence-electron chi connectivity index (χ1n) is 5.44. The fourth-order valence-electron chi connectivity index (χ4n) is 2.20. The first-order chi connectivity index (χ1) is 8.00. The van der Waals surface area contributed by atoms with Crippen LogP contribution in [-0.2, 0) is 14.4 Å². The van der Waals surface area contributed by atoms with Gasteiger partial charge in [-0.3, -0.25) is 9.59 Å². The zero-order chi connectivity index (χ0) is 12.6. The van der Waals surface area contributed by atoms with E-state index in [0.29, 0.717) is 19.4 Å². The van der Waals surface area contributed by atoms with Crippen LogP contribution in [0.3, 0.4) is 0 Å². The Morgan fingerprint density at radius 3 is 2.82 bits per heavy atom. The molecule has 94 valence electrons. The number of carbonyl (C=O) groups is 3. The molecule has 2 heterocycles. The van der Waals surface area contributed by atoms with Crippen molar-refractivity contribution >= 4 is 29.5 Å². The van der Waals surface area contributed by atoms with E-state index in [1.807, 2.05) is 0 Å². The van der Waals surface area contributed by atoms with Crippen molar-refractivity contribution in [3.8, 4) is 0 Å². The third kappa shape index (κ3) is 2.24. The molecule has 0 aromatic heterocycles. The van der Waals surface area contributed by atoms with E-state index < -0.39 is 12.0 Å². The van der Waals surface area contributed by atoms with E-state index in [9.17, 15) is 14.4 Å². The summed E-state index contributed by atoms with van der Waals surface area (Å²) in [5.74, 6) is -1.17. The maximum Gasteiger partial charge on any atom is 0.327 e. The second kappa shape index (κ2) is 4.56. The second-order valence-electron chi connectivity index (χ2n) is 4.19. The Hall–Kier alpha value is -1.24. The quantitative estimate of drug-likeness (QED) is 0.672.